The summed E-state index contributed by atoms with van der Waals surface area (Å²) < 4.78 is 0. The van der Waals surface area contributed by atoms with Gasteiger partial charge in [-0.3, -0.25) is 0 Å². The molecule has 18 heavy (non-hydrogen) atoms. The molecule has 1 aliphatic heterocycles. The number of hydrogen-bond donors (Lipinski definition) is 2. The molecule has 1 aromatic rings. The van der Waals surface area contributed by atoms with Crippen molar-refractivity contribution >= 4 is 23.4 Å². The normalized spacial score (nSPS) is 16.9. The Kier molecular flexibility index (Phi) is 3.98. The van der Waals surface area contributed by atoms with Crippen molar-refractivity contribution in [2.24, 2.45) is 5.92 Å². The number of aromatic nitrogens is 2. The molecule has 98 valence electrons. The Labute approximate surface area is 109 Å². The third kappa shape index (κ3) is 2.54. The molecular formula is C11H14ClN3O3. The quantitative estimate of drug-likeness (QED) is 0.854. The van der Waals surface area contributed by atoms with Gasteiger partial charge in [0.2, 0.25) is 0 Å². The van der Waals surface area contributed by atoms with Crippen LogP contribution in [0.1, 0.15) is 23.3 Å². The smallest absolute Gasteiger partial charge is 0.356 e. The lowest BCUT2D eigenvalue weighted by molar-refractivity contribution is 0.0690. The molecule has 1 fully saturated rings. The van der Waals surface area contributed by atoms with Crippen LogP contribution in [0, 0.1) is 5.92 Å². The molecule has 0 atom stereocenters. The molecule has 0 radical (unpaired) electrons. The zero-order chi connectivity index (χ0) is 13.1. The van der Waals surface area contributed by atoms with Gasteiger partial charge in [0, 0.05) is 19.7 Å². The van der Waals surface area contributed by atoms with Gasteiger partial charge in [0.1, 0.15) is 11.3 Å². The first kappa shape index (κ1) is 13.0. The number of aromatic carboxylic acids is 1. The minimum Gasteiger partial charge on any atom is -0.476 e. The van der Waals surface area contributed by atoms with Gasteiger partial charge in [0.15, 0.2) is 11.5 Å². The number of aliphatic hydroxyl groups is 1. The predicted molar refractivity (Wildman–Crippen MR) is 66.0 cm³/mol. The van der Waals surface area contributed by atoms with E-state index in [1.165, 1.54) is 6.33 Å². The van der Waals surface area contributed by atoms with E-state index in [1.807, 2.05) is 4.90 Å². The zero-order valence-electron chi connectivity index (χ0n) is 9.71. The molecule has 0 amide bonds. The van der Waals surface area contributed by atoms with Gasteiger partial charge in [0.25, 0.3) is 0 Å². The first-order valence-electron chi connectivity index (χ1n) is 5.73. The van der Waals surface area contributed by atoms with E-state index in [0.29, 0.717) is 24.8 Å². The van der Waals surface area contributed by atoms with Crippen molar-refractivity contribution in [1.82, 2.24) is 9.97 Å². The summed E-state index contributed by atoms with van der Waals surface area (Å²) in [5.41, 5.74) is -0.175. The van der Waals surface area contributed by atoms with Gasteiger partial charge in [-0.15, -0.1) is 0 Å². The molecule has 2 heterocycles. The Morgan fingerprint density at radius 1 is 1.44 bits per heavy atom. The molecular weight excluding hydrogens is 258 g/mol. The summed E-state index contributed by atoms with van der Waals surface area (Å²) >= 11 is 6.01. The van der Waals surface area contributed by atoms with E-state index in [2.05, 4.69) is 9.97 Å². The fourth-order valence-corrected chi connectivity index (χ4v) is 2.36. The molecule has 0 unspecified atom stereocenters. The minimum atomic E-state index is -1.16. The van der Waals surface area contributed by atoms with Crippen molar-refractivity contribution in [1.29, 1.82) is 0 Å². The highest BCUT2D eigenvalue weighted by molar-refractivity contribution is 6.35. The van der Waals surface area contributed by atoms with Crippen molar-refractivity contribution in [3.8, 4) is 0 Å². The van der Waals surface area contributed by atoms with Crippen LogP contribution in [0.25, 0.3) is 0 Å². The van der Waals surface area contributed by atoms with Crippen LogP contribution < -0.4 is 4.90 Å². The van der Waals surface area contributed by atoms with Crippen molar-refractivity contribution < 1.29 is 15.0 Å². The Bertz CT molecular complexity index is 447. The van der Waals surface area contributed by atoms with E-state index in [4.69, 9.17) is 21.8 Å². The largest absolute Gasteiger partial charge is 0.476 e. The first-order chi connectivity index (χ1) is 8.63. The van der Waals surface area contributed by atoms with E-state index in [0.717, 1.165) is 12.8 Å². The zero-order valence-corrected chi connectivity index (χ0v) is 10.5. The van der Waals surface area contributed by atoms with Gasteiger partial charge in [-0.1, -0.05) is 11.6 Å². The summed E-state index contributed by atoms with van der Waals surface area (Å²) in [6, 6.07) is 0. The maximum Gasteiger partial charge on any atom is 0.356 e. The number of hydrogen-bond acceptors (Lipinski definition) is 5. The summed E-state index contributed by atoms with van der Waals surface area (Å²) in [7, 11) is 0. The standard InChI is InChI=1S/C11H14ClN3O3/c12-8-9(11(17)18)13-6-14-10(8)15-3-1-7(5-16)2-4-15/h6-7,16H,1-5H2,(H,17,18). The fraction of sp³-hybridized carbons (Fsp3) is 0.545. The van der Waals surface area contributed by atoms with Gasteiger partial charge in [-0.25, -0.2) is 14.8 Å². The van der Waals surface area contributed by atoms with Gasteiger partial charge >= 0.3 is 5.97 Å². The average molecular weight is 272 g/mol. The Morgan fingerprint density at radius 3 is 2.67 bits per heavy atom. The number of piperidine rings is 1. The summed E-state index contributed by atoms with van der Waals surface area (Å²) in [6.45, 7) is 1.60. The summed E-state index contributed by atoms with van der Waals surface area (Å²) in [6.07, 6.45) is 2.90. The van der Waals surface area contributed by atoms with Gasteiger partial charge < -0.3 is 15.1 Å². The Hall–Kier alpha value is -1.40. The third-order valence-electron chi connectivity index (χ3n) is 3.15. The Morgan fingerprint density at radius 2 is 2.11 bits per heavy atom. The number of rotatable bonds is 3. The molecule has 0 spiro atoms. The van der Waals surface area contributed by atoms with Gasteiger partial charge in [0.05, 0.1) is 0 Å². The molecule has 0 saturated carbocycles. The number of carboxylic acids is 1. The van der Waals surface area contributed by atoms with E-state index >= 15 is 0 Å². The van der Waals surface area contributed by atoms with Crippen molar-refractivity contribution in [2.75, 3.05) is 24.6 Å². The van der Waals surface area contributed by atoms with Crippen molar-refractivity contribution in [2.45, 2.75) is 12.8 Å². The van der Waals surface area contributed by atoms with E-state index in [9.17, 15) is 4.79 Å². The van der Waals surface area contributed by atoms with Crippen LogP contribution in [-0.4, -0.2) is 45.8 Å². The second kappa shape index (κ2) is 5.49. The fourth-order valence-electron chi connectivity index (χ4n) is 2.06. The second-order valence-electron chi connectivity index (χ2n) is 4.28. The van der Waals surface area contributed by atoms with Crippen LogP contribution in [-0.2, 0) is 0 Å². The van der Waals surface area contributed by atoms with E-state index < -0.39 is 5.97 Å². The second-order valence-corrected chi connectivity index (χ2v) is 4.66. The molecule has 6 nitrogen and oxygen atoms in total. The van der Waals surface area contributed by atoms with Crippen molar-refractivity contribution in [3.63, 3.8) is 0 Å². The van der Waals surface area contributed by atoms with Crippen molar-refractivity contribution in [3.05, 3.63) is 17.0 Å². The molecule has 2 rings (SSSR count). The highest BCUT2D eigenvalue weighted by atomic mass is 35.5. The molecule has 0 aliphatic carbocycles. The van der Waals surface area contributed by atoms with E-state index in [1.54, 1.807) is 0 Å². The number of halogens is 1. The summed E-state index contributed by atoms with van der Waals surface area (Å²) in [4.78, 5) is 20.6. The molecule has 1 saturated heterocycles. The highest BCUT2D eigenvalue weighted by Crippen LogP contribution is 2.29. The number of carboxylic acid groups (broad SMARTS) is 1. The molecule has 0 aromatic carbocycles. The number of aliphatic hydroxyl groups excluding tert-OH is 1. The minimum absolute atomic E-state index is 0.0763. The molecule has 7 heteroatoms. The lowest BCUT2D eigenvalue weighted by atomic mass is 9.98. The van der Waals surface area contributed by atoms with Crippen LogP contribution in [0.2, 0.25) is 5.02 Å². The SMILES string of the molecule is O=C(O)c1ncnc(N2CCC(CO)CC2)c1Cl. The first-order valence-corrected chi connectivity index (χ1v) is 6.11. The van der Waals surface area contributed by atoms with Gasteiger partial charge in [-0.05, 0) is 18.8 Å². The number of nitrogens with zero attached hydrogens (tertiary/aromatic N) is 3. The van der Waals surface area contributed by atoms with Crippen LogP contribution in [0.4, 0.5) is 5.82 Å². The highest BCUT2D eigenvalue weighted by Gasteiger charge is 2.24. The summed E-state index contributed by atoms with van der Waals surface area (Å²) in [5.74, 6) is -0.393. The third-order valence-corrected chi connectivity index (χ3v) is 3.49. The van der Waals surface area contributed by atoms with Crippen LogP contribution in [0.3, 0.4) is 0 Å². The molecule has 1 aromatic heterocycles. The maximum atomic E-state index is 10.9. The monoisotopic (exact) mass is 271 g/mol. The lowest BCUT2D eigenvalue weighted by Crippen LogP contribution is -2.35. The van der Waals surface area contributed by atoms with E-state index in [-0.39, 0.29) is 17.3 Å². The number of anilines is 1. The molecule has 0 bridgehead atoms. The van der Waals surface area contributed by atoms with Gasteiger partial charge in [-0.2, -0.15) is 0 Å². The maximum absolute atomic E-state index is 10.9. The number of carbonyl (C=O) groups is 1. The van der Waals surface area contributed by atoms with Crippen LogP contribution in [0.5, 0.6) is 0 Å². The summed E-state index contributed by atoms with van der Waals surface area (Å²) in [5, 5.41) is 18.1. The molecule has 2 N–H and O–H groups in total. The predicted octanol–water partition coefficient (Wildman–Crippen LogP) is 1.04. The Balaban J connectivity index is 2.19. The lowest BCUT2D eigenvalue weighted by Gasteiger charge is -2.32. The van der Waals surface area contributed by atoms with Crippen LogP contribution in [0.15, 0.2) is 6.33 Å². The van der Waals surface area contributed by atoms with Crippen LogP contribution >= 0.6 is 11.6 Å². The molecule has 1 aliphatic rings. The average Bonchev–Trinajstić information content (AvgIpc) is 2.39. The topological polar surface area (TPSA) is 86.5 Å².